The van der Waals surface area contributed by atoms with Crippen molar-refractivity contribution < 1.29 is 4.39 Å². The number of aromatic nitrogens is 1. The minimum absolute atomic E-state index is 0.260. The van der Waals surface area contributed by atoms with Gasteiger partial charge < -0.3 is 10.6 Å². The molecule has 0 unspecified atom stereocenters. The first-order valence-corrected chi connectivity index (χ1v) is 7.27. The molecule has 0 aliphatic rings. The van der Waals surface area contributed by atoms with Crippen molar-refractivity contribution in [3.05, 3.63) is 58.1 Å². The van der Waals surface area contributed by atoms with Gasteiger partial charge in [-0.05, 0) is 52.2 Å². The summed E-state index contributed by atoms with van der Waals surface area (Å²) in [5.74, 6) is -0.260. The molecule has 0 saturated heterocycles. The summed E-state index contributed by atoms with van der Waals surface area (Å²) in [6.45, 7) is 3.68. The lowest BCUT2D eigenvalue weighted by atomic mass is 10.1. The van der Waals surface area contributed by atoms with Gasteiger partial charge in [-0.1, -0.05) is 6.07 Å². The smallest absolute Gasteiger partial charge is 0.160 e. The van der Waals surface area contributed by atoms with Crippen LogP contribution in [0.3, 0.4) is 0 Å². The van der Waals surface area contributed by atoms with Gasteiger partial charge in [0.2, 0.25) is 0 Å². The van der Waals surface area contributed by atoms with Crippen LogP contribution in [0.2, 0.25) is 0 Å². The standard InChI is InChI=1S/C15H17BrFN3/c1-2-20(10-11-5-7-19-8-6-11)13-4-3-12(9-18)14(16)15(13)17/h3-8H,2,9-10,18H2,1H3. The highest BCUT2D eigenvalue weighted by Gasteiger charge is 2.15. The molecule has 0 spiro atoms. The van der Waals surface area contributed by atoms with Crippen molar-refractivity contribution in [1.82, 2.24) is 4.98 Å². The third-order valence-corrected chi connectivity index (χ3v) is 4.06. The van der Waals surface area contributed by atoms with E-state index in [9.17, 15) is 4.39 Å². The maximum absolute atomic E-state index is 14.4. The second-order valence-corrected chi connectivity index (χ2v) is 5.24. The van der Waals surface area contributed by atoms with Gasteiger partial charge in [0.15, 0.2) is 5.82 Å². The van der Waals surface area contributed by atoms with Crippen LogP contribution < -0.4 is 10.6 Å². The number of anilines is 1. The number of nitrogens with zero attached hydrogens (tertiary/aromatic N) is 2. The SMILES string of the molecule is CCN(Cc1ccncc1)c1ccc(CN)c(Br)c1F. The number of pyridine rings is 1. The molecular formula is C15H17BrFN3. The molecule has 1 aromatic heterocycles. The molecule has 0 aliphatic heterocycles. The highest BCUT2D eigenvalue weighted by atomic mass is 79.9. The zero-order valence-corrected chi connectivity index (χ0v) is 12.9. The van der Waals surface area contributed by atoms with Crippen molar-refractivity contribution in [2.75, 3.05) is 11.4 Å². The molecule has 1 aromatic carbocycles. The Labute approximate surface area is 126 Å². The molecule has 0 radical (unpaired) electrons. The lowest BCUT2D eigenvalue weighted by Crippen LogP contribution is -2.23. The van der Waals surface area contributed by atoms with Crippen LogP contribution in [0.15, 0.2) is 41.1 Å². The van der Waals surface area contributed by atoms with Gasteiger partial charge in [0.1, 0.15) is 0 Å². The second kappa shape index (κ2) is 6.81. The fourth-order valence-electron chi connectivity index (χ4n) is 2.06. The number of halogens is 2. The van der Waals surface area contributed by atoms with E-state index in [0.29, 0.717) is 29.8 Å². The van der Waals surface area contributed by atoms with Crippen molar-refractivity contribution in [1.29, 1.82) is 0 Å². The normalized spacial score (nSPS) is 10.6. The van der Waals surface area contributed by atoms with E-state index < -0.39 is 0 Å². The van der Waals surface area contributed by atoms with Crippen LogP contribution in [-0.2, 0) is 13.1 Å². The van der Waals surface area contributed by atoms with Crippen molar-refractivity contribution in [2.24, 2.45) is 5.73 Å². The lowest BCUT2D eigenvalue weighted by molar-refractivity contribution is 0.608. The van der Waals surface area contributed by atoms with Crippen LogP contribution in [0.4, 0.5) is 10.1 Å². The van der Waals surface area contributed by atoms with E-state index in [4.69, 9.17) is 5.73 Å². The largest absolute Gasteiger partial charge is 0.365 e. The first kappa shape index (κ1) is 14.9. The van der Waals surface area contributed by atoms with Gasteiger partial charge in [0.25, 0.3) is 0 Å². The zero-order chi connectivity index (χ0) is 14.5. The minimum atomic E-state index is -0.260. The van der Waals surface area contributed by atoms with Crippen molar-refractivity contribution >= 4 is 21.6 Å². The third kappa shape index (κ3) is 3.16. The third-order valence-electron chi connectivity index (χ3n) is 3.21. The molecule has 3 nitrogen and oxygen atoms in total. The van der Waals surface area contributed by atoms with Gasteiger partial charge in [-0.3, -0.25) is 4.98 Å². The summed E-state index contributed by atoms with van der Waals surface area (Å²) in [5, 5.41) is 0. The summed E-state index contributed by atoms with van der Waals surface area (Å²) in [4.78, 5) is 5.97. The molecule has 0 atom stereocenters. The Morgan fingerprint density at radius 2 is 1.95 bits per heavy atom. The summed E-state index contributed by atoms with van der Waals surface area (Å²) in [6.07, 6.45) is 3.49. The number of nitrogens with two attached hydrogens (primary N) is 1. The van der Waals surface area contributed by atoms with Crippen LogP contribution in [0.5, 0.6) is 0 Å². The quantitative estimate of drug-likeness (QED) is 0.908. The molecule has 106 valence electrons. The predicted octanol–water partition coefficient (Wildman–Crippen LogP) is 3.47. The van der Waals surface area contributed by atoms with Crippen molar-refractivity contribution in [2.45, 2.75) is 20.0 Å². The van der Waals surface area contributed by atoms with Gasteiger partial charge in [-0.2, -0.15) is 0 Å². The van der Waals surface area contributed by atoms with Crippen LogP contribution in [0.1, 0.15) is 18.1 Å². The summed E-state index contributed by atoms with van der Waals surface area (Å²) < 4.78 is 14.9. The van der Waals surface area contributed by atoms with Crippen LogP contribution in [0, 0.1) is 5.82 Å². The van der Waals surface area contributed by atoms with E-state index in [0.717, 1.165) is 11.1 Å². The molecule has 0 aliphatic carbocycles. The Morgan fingerprint density at radius 3 is 2.55 bits per heavy atom. The highest BCUT2D eigenvalue weighted by molar-refractivity contribution is 9.10. The van der Waals surface area contributed by atoms with E-state index in [1.54, 1.807) is 18.5 Å². The molecular weight excluding hydrogens is 321 g/mol. The van der Waals surface area contributed by atoms with Gasteiger partial charge in [-0.25, -0.2) is 4.39 Å². The summed E-state index contributed by atoms with van der Waals surface area (Å²) >= 11 is 3.28. The molecule has 0 amide bonds. The molecule has 0 bridgehead atoms. The molecule has 2 rings (SSSR count). The Kier molecular flexibility index (Phi) is 5.09. The monoisotopic (exact) mass is 337 g/mol. The number of rotatable bonds is 5. The number of hydrogen-bond donors (Lipinski definition) is 1. The maximum Gasteiger partial charge on any atom is 0.160 e. The minimum Gasteiger partial charge on any atom is -0.365 e. The van der Waals surface area contributed by atoms with Crippen LogP contribution >= 0.6 is 15.9 Å². The average Bonchev–Trinajstić information content (AvgIpc) is 2.49. The fraction of sp³-hybridized carbons (Fsp3) is 0.267. The molecule has 20 heavy (non-hydrogen) atoms. The second-order valence-electron chi connectivity index (χ2n) is 4.45. The van der Waals surface area contributed by atoms with E-state index in [1.165, 1.54) is 0 Å². The van der Waals surface area contributed by atoms with E-state index in [1.807, 2.05) is 30.0 Å². The Balaban J connectivity index is 2.30. The van der Waals surface area contributed by atoms with E-state index in [-0.39, 0.29) is 5.82 Å². The lowest BCUT2D eigenvalue weighted by Gasteiger charge is -2.24. The van der Waals surface area contributed by atoms with Crippen molar-refractivity contribution in [3.63, 3.8) is 0 Å². The average molecular weight is 338 g/mol. The van der Waals surface area contributed by atoms with Crippen molar-refractivity contribution in [3.8, 4) is 0 Å². The van der Waals surface area contributed by atoms with Crippen LogP contribution in [-0.4, -0.2) is 11.5 Å². The molecule has 0 saturated carbocycles. The highest BCUT2D eigenvalue weighted by Crippen LogP contribution is 2.30. The predicted molar refractivity (Wildman–Crippen MR) is 83.0 cm³/mol. The van der Waals surface area contributed by atoms with Gasteiger partial charge in [0, 0.05) is 32.0 Å². The number of hydrogen-bond acceptors (Lipinski definition) is 3. The molecule has 5 heteroatoms. The molecule has 2 N–H and O–H groups in total. The summed E-state index contributed by atoms with van der Waals surface area (Å²) in [6, 6.07) is 7.51. The first-order chi connectivity index (χ1) is 9.67. The molecule has 0 fully saturated rings. The van der Waals surface area contributed by atoms with E-state index in [2.05, 4.69) is 20.9 Å². The Hall–Kier alpha value is -1.46. The summed E-state index contributed by atoms with van der Waals surface area (Å²) in [7, 11) is 0. The summed E-state index contributed by atoms with van der Waals surface area (Å²) in [5.41, 5.74) is 8.03. The van der Waals surface area contributed by atoms with E-state index >= 15 is 0 Å². The number of benzene rings is 1. The van der Waals surface area contributed by atoms with Gasteiger partial charge in [-0.15, -0.1) is 0 Å². The Bertz CT molecular complexity index is 575. The fourth-order valence-corrected chi connectivity index (χ4v) is 2.55. The topological polar surface area (TPSA) is 42.2 Å². The van der Waals surface area contributed by atoms with Crippen LogP contribution in [0.25, 0.3) is 0 Å². The van der Waals surface area contributed by atoms with Gasteiger partial charge >= 0.3 is 0 Å². The van der Waals surface area contributed by atoms with Gasteiger partial charge in [0.05, 0.1) is 10.2 Å². The zero-order valence-electron chi connectivity index (χ0n) is 11.3. The molecule has 1 heterocycles. The Morgan fingerprint density at radius 1 is 1.25 bits per heavy atom. The first-order valence-electron chi connectivity index (χ1n) is 6.48. The molecule has 2 aromatic rings. The maximum atomic E-state index is 14.4.